The Morgan fingerprint density at radius 1 is 1.15 bits per heavy atom. The number of ether oxygens (including phenoxy) is 1. The molecule has 10 heteroatoms. The van der Waals surface area contributed by atoms with Gasteiger partial charge in [-0.05, 0) is 49.4 Å². The number of hydrogen-bond donors (Lipinski definition) is 2. The van der Waals surface area contributed by atoms with Crippen LogP contribution in [-0.2, 0) is 12.8 Å². The van der Waals surface area contributed by atoms with Crippen molar-refractivity contribution in [1.29, 1.82) is 0 Å². The van der Waals surface area contributed by atoms with Gasteiger partial charge in [0.15, 0.2) is 11.6 Å². The molecule has 2 aromatic carbocycles. The summed E-state index contributed by atoms with van der Waals surface area (Å²) in [5.41, 5.74) is -0.0107. The van der Waals surface area contributed by atoms with Crippen LogP contribution < -0.4 is 10.1 Å². The van der Waals surface area contributed by atoms with E-state index in [1.54, 1.807) is 6.92 Å². The van der Waals surface area contributed by atoms with Crippen molar-refractivity contribution in [3.05, 3.63) is 83.6 Å². The number of benzene rings is 2. The van der Waals surface area contributed by atoms with Crippen LogP contribution in [0.25, 0.3) is 10.9 Å². The normalized spacial score (nSPS) is 11.6. The third-order valence-corrected chi connectivity index (χ3v) is 4.89. The fourth-order valence-electron chi connectivity index (χ4n) is 3.39. The number of aliphatic hydroxyl groups excluding tert-OH is 1. The molecule has 4 rings (SSSR count). The highest BCUT2D eigenvalue weighted by Gasteiger charge is 2.30. The molecular formula is C23H17F4N3O3. The average Bonchev–Trinajstić information content (AvgIpc) is 3.12. The Morgan fingerprint density at radius 2 is 1.94 bits per heavy atom. The molecule has 0 aliphatic carbocycles. The monoisotopic (exact) mass is 459 g/mol. The van der Waals surface area contributed by atoms with Gasteiger partial charge in [0.2, 0.25) is 0 Å². The fourth-order valence-corrected chi connectivity index (χ4v) is 3.39. The molecule has 6 nitrogen and oxygen atoms in total. The van der Waals surface area contributed by atoms with Crippen LogP contribution in [0.5, 0.6) is 11.5 Å². The van der Waals surface area contributed by atoms with Gasteiger partial charge < -0.3 is 15.2 Å². The zero-order chi connectivity index (χ0) is 23.8. The number of pyridine rings is 1. The molecule has 0 saturated heterocycles. The summed E-state index contributed by atoms with van der Waals surface area (Å²) in [6, 6.07) is 10.7. The molecule has 2 heterocycles. The van der Waals surface area contributed by atoms with Gasteiger partial charge in [-0.15, -0.1) is 0 Å². The quantitative estimate of drug-likeness (QED) is 0.375. The van der Waals surface area contributed by atoms with Crippen LogP contribution in [0, 0.1) is 12.7 Å². The van der Waals surface area contributed by atoms with Crippen molar-refractivity contribution in [3.63, 3.8) is 0 Å². The van der Waals surface area contributed by atoms with E-state index in [1.165, 1.54) is 53.2 Å². The van der Waals surface area contributed by atoms with Crippen LogP contribution in [-0.4, -0.2) is 20.7 Å². The van der Waals surface area contributed by atoms with Gasteiger partial charge in [-0.25, -0.2) is 9.18 Å². The van der Waals surface area contributed by atoms with Gasteiger partial charge in [-0.2, -0.15) is 13.2 Å². The highest BCUT2D eigenvalue weighted by Crippen LogP contribution is 2.33. The Morgan fingerprint density at radius 3 is 2.67 bits per heavy atom. The molecule has 0 bridgehead atoms. The zero-order valence-corrected chi connectivity index (χ0v) is 17.2. The molecule has 0 aliphatic heterocycles. The lowest BCUT2D eigenvalue weighted by atomic mass is 10.2. The third kappa shape index (κ3) is 4.51. The molecular weight excluding hydrogens is 442 g/mol. The second-order valence-corrected chi connectivity index (χ2v) is 7.18. The molecule has 0 atom stereocenters. The summed E-state index contributed by atoms with van der Waals surface area (Å²) >= 11 is 0. The van der Waals surface area contributed by atoms with Gasteiger partial charge in [0.25, 0.3) is 0 Å². The number of nitrogens with zero attached hydrogens (tertiary/aromatic N) is 2. The molecule has 4 aromatic rings. The first kappa shape index (κ1) is 22.3. The number of aryl methyl sites for hydroxylation is 1. The molecule has 0 fully saturated rings. The first-order valence-electron chi connectivity index (χ1n) is 9.70. The van der Waals surface area contributed by atoms with Crippen molar-refractivity contribution < 1.29 is 32.2 Å². The number of anilines is 1. The number of rotatable bonds is 4. The first-order chi connectivity index (χ1) is 15.7. The largest absolute Gasteiger partial charge is 0.454 e. The Bertz CT molecular complexity index is 1350. The second kappa shape index (κ2) is 8.55. The summed E-state index contributed by atoms with van der Waals surface area (Å²) in [5.74, 6) is -0.553. The van der Waals surface area contributed by atoms with Gasteiger partial charge in [0.1, 0.15) is 5.75 Å². The minimum Gasteiger partial charge on any atom is -0.454 e. The van der Waals surface area contributed by atoms with E-state index in [4.69, 9.17) is 4.74 Å². The number of alkyl halides is 3. The topological polar surface area (TPSA) is 76.4 Å². The molecule has 1 amide bonds. The lowest BCUT2D eigenvalue weighted by Crippen LogP contribution is -2.20. The molecule has 0 saturated carbocycles. The Kier molecular flexibility index (Phi) is 5.77. The number of aromatic nitrogens is 2. The van der Waals surface area contributed by atoms with Gasteiger partial charge in [-0.1, -0.05) is 6.07 Å². The second-order valence-electron chi connectivity index (χ2n) is 7.18. The minimum atomic E-state index is -4.55. The van der Waals surface area contributed by atoms with Crippen LogP contribution in [0.15, 0.2) is 60.8 Å². The summed E-state index contributed by atoms with van der Waals surface area (Å²) in [5, 5.41) is 11.7. The van der Waals surface area contributed by atoms with E-state index < -0.39 is 23.6 Å². The number of hydrogen-bond acceptors (Lipinski definition) is 4. The van der Waals surface area contributed by atoms with Crippen molar-refractivity contribution in [1.82, 2.24) is 9.55 Å². The average molecular weight is 459 g/mol. The number of carbonyl (C=O) groups excluding carboxylic acids is 1. The minimum absolute atomic E-state index is 0.0473. The number of halogens is 4. The molecule has 2 aromatic heterocycles. The van der Waals surface area contributed by atoms with Crippen LogP contribution in [0.3, 0.4) is 0 Å². The summed E-state index contributed by atoms with van der Waals surface area (Å²) in [6.45, 7) is 1.27. The molecule has 0 unspecified atom stereocenters. The lowest BCUT2D eigenvalue weighted by Gasteiger charge is -2.12. The highest BCUT2D eigenvalue weighted by atomic mass is 19.4. The predicted molar refractivity (Wildman–Crippen MR) is 113 cm³/mol. The Hall–Kier alpha value is -3.92. The summed E-state index contributed by atoms with van der Waals surface area (Å²) in [4.78, 5) is 16.7. The molecule has 0 aliphatic rings. The molecule has 0 spiro atoms. The van der Waals surface area contributed by atoms with E-state index in [1.807, 2.05) is 0 Å². The van der Waals surface area contributed by atoms with Crippen molar-refractivity contribution in [3.8, 4) is 11.5 Å². The summed E-state index contributed by atoms with van der Waals surface area (Å²) in [6.07, 6.45) is -3.14. The van der Waals surface area contributed by atoms with E-state index in [0.717, 1.165) is 12.1 Å². The first-order valence-corrected chi connectivity index (χ1v) is 9.70. The highest BCUT2D eigenvalue weighted by molar-refractivity contribution is 6.00. The predicted octanol–water partition coefficient (Wildman–Crippen LogP) is 5.87. The number of amides is 1. The molecule has 2 N–H and O–H groups in total. The lowest BCUT2D eigenvalue weighted by molar-refractivity contribution is -0.137. The van der Waals surface area contributed by atoms with Gasteiger partial charge in [-0.3, -0.25) is 9.55 Å². The fraction of sp³-hybridized carbons (Fsp3) is 0.130. The van der Waals surface area contributed by atoms with Crippen LogP contribution in [0.2, 0.25) is 0 Å². The summed E-state index contributed by atoms with van der Waals surface area (Å²) in [7, 11) is 0. The van der Waals surface area contributed by atoms with Crippen LogP contribution >= 0.6 is 0 Å². The smallest absolute Gasteiger partial charge is 0.416 e. The van der Waals surface area contributed by atoms with Gasteiger partial charge in [0.05, 0.1) is 23.4 Å². The maximum atomic E-state index is 15.1. The number of nitrogens with one attached hydrogen (secondary N) is 1. The number of aliphatic hydroxyl groups is 1. The third-order valence-electron chi connectivity index (χ3n) is 4.89. The van der Waals surface area contributed by atoms with E-state index in [0.29, 0.717) is 11.4 Å². The summed E-state index contributed by atoms with van der Waals surface area (Å²) < 4.78 is 60.7. The number of carbonyl (C=O) groups is 1. The SMILES string of the molecule is Cc1cc2c(F)c(Oc3ccnc(CO)c3)ccc2n1C(=O)Nc1cccc(C(F)(F)F)c1. The van der Waals surface area contributed by atoms with Crippen LogP contribution in [0.4, 0.5) is 28.0 Å². The van der Waals surface area contributed by atoms with Gasteiger partial charge >= 0.3 is 12.2 Å². The van der Waals surface area contributed by atoms with E-state index >= 15 is 4.39 Å². The van der Waals surface area contributed by atoms with Crippen LogP contribution in [0.1, 0.15) is 17.0 Å². The molecule has 0 radical (unpaired) electrons. The molecule has 170 valence electrons. The van der Waals surface area contributed by atoms with E-state index in [2.05, 4.69) is 10.3 Å². The van der Waals surface area contributed by atoms with Crippen molar-refractivity contribution in [2.75, 3.05) is 5.32 Å². The maximum absolute atomic E-state index is 15.1. The van der Waals surface area contributed by atoms with Crippen molar-refractivity contribution in [2.24, 2.45) is 0 Å². The van der Waals surface area contributed by atoms with Crippen molar-refractivity contribution in [2.45, 2.75) is 19.7 Å². The standard InChI is InChI=1S/C23H17F4N3O3/c1-13-9-18-19(5-6-20(21(18)24)33-17-7-8-28-16(11-17)12-31)30(13)22(32)29-15-4-2-3-14(10-15)23(25,26)27/h2-11,31H,12H2,1H3,(H,29,32). The Labute approximate surface area is 185 Å². The number of fused-ring (bicyclic) bond motifs is 1. The van der Waals surface area contributed by atoms with E-state index in [-0.39, 0.29) is 34.7 Å². The zero-order valence-electron chi connectivity index (χ0n) is 17.2. The maximum Gasteiger partial charge on any atom is 0.416 e. The molecule has 33 heavy (non-hydrogen) atoms. The van der Waals surface area contributed by atoms with E-state index in [9.17, 15) is 23.1 Å². The van der Waals surface area contributed by atoms with Crippen molar-refractivity contribution >= 4 is 22.6 Å². The van der Waals surface area contributed by atoms with Gasteiger partial charge in [0, 0.05) is 29.0 Å². The Balaban J connectivity index is 1.65.